The summed E-state index contributed by atoms with van der Waals surface area (Å²) in [5, 5.41) is 0.800. The predicted molar refractivity (Wildman–Crippen MR) is 77.1 cm³/mol. The first kappa shape index (κ1) is 14.2. The van der Waals surface area contributed by atoms with Gasteiger partial charge in [0.05, 0.1) is 5.52 Å². The van der Waals surface area contributed by atoms with Crippen LogP contribution in [0.4, 0.5) is 19.0 Å². The molecule has 0 saturated heterocycles. The second-order valence-corrected chi connectivity index (χ2v) is 4.60. The molecule has 0 aliphatic heterocycles. The topological polar surface area (TPSA) is 48.1 Å². The Labute approximate surface area is 124 Å². The summed E-state index contributed by atoms with van der Waals surface area (Å²) in [7, 11) is 0. The van der Waals surface area contributed by atoms with Crippen LogP contribution in [0.15, 0.2) is 48.5 Å². The first-order chi connectivity index (χ1) is 10.4. The largest absolute Gasteiger partial charge is 0.573 e. The summed E-state index contributed by atoms with van der Waals surface area (Å²) in [5.74, 6) is -0.0803. The van der Waals surface area contributed by atoms with Gasteiger partial charge in [0.2, 0.25) is 0 Å². The number of hydrogen-bond acceptors (Lipinski definition) is 3. The molecule has 22 heavy (non-hydrogen) atoms. The summed E-state index contributed by atoms with van der Waals surface area (Å²) in [6.45, 7) is 0. The number of hydrogen-bond donors (Lipinski definition) is 1. The van der Waals surface area contributed by atoms with Crippen LogP contribution in [0.2, 0.25) is 0 Å². The van der Waals surface area contributed by atoms with E-state index < -0.39 is 6.36 Å². The maximum absolute atomic E-state index is 12.3. The van der Waals surface area contributed by atoms with E-state index in [0.29, 0.717) is 16.6 Å². The molecule has 0 aliphatic rings. The number of anilines is 1. The molecular formula is C16H10F3N2O. The van der Waals surface area contributed by atoms with Crippen molar-refractivity contribution in [3.05, 3.63) is 54.6 Å². The molecule has 3 nitrogen and oxygen atoms in total. The molecule has 0 bridgehead atoms. The number of nitrogen functional groups attached to an aromatic ring is 1. The van der Waals surface area contributed by atoms with Crippen LogP contribution in [0.3, 0.4) is 0 Å². The standard InChI is InChI=1S/C16H10F3N2O/c17-16(18,19)22-12-6-3-5-10(8-12)13-9-11-4-1-2-7-14(11)21-15(13)20/h1-6,8-9H,(H2,20,21). The number of benzene rings is 2. The minimum absolute atomic E-state index is 0.221. The number of nitrogens with zero attached hydrogens (tertiary/aromatic N) is 1. The van der Waals surface area contributed by atoms with Gasteiger partial charge >= 0.3 is 6.36 Å². The molecule has 3 rings (SSSR count). The summed E-state index contributed by atoms with van der Waals surface area (Å²) in [6, 6.07) is 15.7. The Morgan fingerprint density at radius 1 is 1.09 bits per heavy atom. The molecule has 0 atom stereocenters. The average Bonchev–Trinajstić information content (AvgIpc) is 2.45. The molecular weight excluding hydrogens is 293 g/mol. The van der Waals surface area contributed by atoms with Crippen LogP contribution in [0, 0.1) is 6.07 Å². The van der Waals surface area contributed by atoms with Gasteiger partial charge in [-0.2, -0.15) is 0 Å². The molecule has 3 aromatic rings. The maximum Gasteiger partial charge on any atom is 0.573 e. The Balaban J connectivity index is 2.07. The quantitative estimate of drug-likeness (QED) is 0.772. The number of aromatic nitrogens is 1. The lowest BCUT2D eigenvalue weighted by molar-refractivity contribution is -0.274. The fourth-order valence-electron chi connectivity index (χ4n) is 2.16. The zero-order valence-electron chi connectivity index (χ0n) is 11.2. The highest BCUT2D eigenvalue weighted by Gasteiger charge is 2.31. The molecule has 1 heterocycles. The van der Waals surface area contributed by atoms with Crippen LogP contribution < -0.4 is 10.5 Å². The summed E-state index contributed by atoms with van der Waals surface area (Å²) in [6.07, 6.45) is -4.74. The van der Waals surface area contributed by atoms with E-state index in [0.717, 1.165) is 5.39 Å². The van der Waals surface area contributed by atoms with Gasteiger partial charge in [0.15, 0.2) is 0 Å². The SMILES string of the molecule is Nc1nc2[c]cccc2cc1-c1cccc(OC(F)(F)F)c1. The lowest BCUT2D eigenvalue weighted by Crippen LogP contribution is -2.17. The summed E-state index contributed by atoms with van der Waals surface area (Å²) < 4.78 is 40.8. The van der Waals surface area contributed by atoms with E-state index in [1.165, 1.54) is 18.2 Å². The molecule has 0 aliphatic carbocycles. The zero-order valence-corrected chi connectivity index (χ0v) is 11.2. The highest BCUT2D eigenvalue weighted by molar-refractivity contribution is 5.88. The van der Waals surface area contributed by atoms with Gasteiger partial charge in [0, 0.05) is 17.0 Å². The molecule has 0 saturated carbocycles. The lowest BCUT2D eigenvalue weighted by Gasteiger charge is -2.11. The fraction of sp³-hybridized carbons (Fsp3) is 0.0625. The highest BCUT2D eigenvalue weighted by atomic mass is 19.4. The molecule has 1 aromatic heterocycles. The van der Waals surface area contributed by atoms with E-state index in [2.05, 4.69) is 15.8 Å². The summed E-state index contributed by atoms with van der Waals surface area (Å²) in [4.78, 5) is 4.22. The van der Waals surface area contributed by atoms with Gasteiger partial charge in [-0.15, -0.1) is 13.2 Å². The average molecular weight is 303 g/mol. The highest BCUT2D eigenvalue weighted by Crippen LogP contribution is 2.32. The summed E-state index contributed by atoms with van der Waals surface area (Å²) in [5.41, 5.74) is 7.54. The van der Waals surface area contributed by atoms with Gasteiger partial charge in [0.25, 0.3) is 0 Å². The number of ether oxygens (including phenoxy) is 1. The Hall–Kier alpha value is -2.76. The number of fused-ring (bicyclic) bond motifs is 1. The van der Waals surface area contributed by atoms with Crippen molar-refractivity contribution in [1.82, 2.24) is 4.98 Å². The van der Waals surface area contributed by atoms with Gasteiger partial charge in [-0.1, -0.05) is 30.3 Å². The van der Waals surface area contributed by atoms with E-state index in [9.17, 15) is 13.2 Å². The van der Waals surface area contributed by atoms with Crippen molar-refractivity contribution in [2.45, 2.75) is 6.36 Å². The van der Waals surface area contributed by atoms with Crippen LogP contribution in [-0.4, -0.2) is 11.3 Å². The number of halogens is 3. The third-order valence-electron chi connectivity index (χ3n) is 3.05. The van der Waals surface area contributed by atoms with Crippen LogP contribution in [0.25, 0.3) is 22.0 Å². The van der Waals surface area contributed by atoms with Gasteiger partial charge in [-0.25, -0.2) is 4.98 Å². The first-order valence-electron chi connectivity index (χ1n) is 6.35. The van der Waals surface area contributed by atoms with Gasteiger partial charge in [-0.05, 0) is 23.8 Å². The van der Waals surface area contributed by atoms with Gasteiger partial charge < -0.3 is 10.5 Å². The Kier molecular flexibility index (Phi) is 3.36. The lowest BCUT2D eigenvalue weighted by atomic mass is 10.0. The molecule has 2 aromatic carbocycles. The zero-order chi connectivity index (χ0) is 15.7. The fourth-order valence-corrected chi connectivity index (χ4v) is 2.16. The van der Waals surface area contributed by atoms with Gasteiger partial charge in [-0.3, -0.25) is 0 Å². The Morgan fingerprint density at radius 3 is 2.68 bits per heavy atom. The molecule has 0 amide bonds. The first-order valence-corrected chi connectivity index (χ1v) is 6.35. The van der Waals surface area contributed by atoms with E-state index in [4.69, 9.17) is 5.73 Å². The van der Waals surface area contributed by atoms with E-state index in [1.807, 2.05) is 6.07 Å². The van der Waals surface area contributed by atoms with Gasteiger partial charge in [0.1, 0.15) is 11.6 Å². The number of nitrogens with two attached hydrogens (primary N) is 1. The Morgan fingerprint density at radius 2 is 1.91 bits per heavy atom. The van der Waals surface area contributed by atoms with Crippen molar-refractivity contribution >= 4 is 16.7 Å². The van der Waals surface area contributed by atoms with E-state index in [1.54, 1.807) is 24.3 Å². The maximum atomic E-state index is 12.3. The second kappa shape index (κ2) is 5.22. The van der Waals surface area contributed by atoms with Crippen molar-refractivity contribution in [2.24, 2.45) is 0 Å². The minimum atomic E-state index is -4.74. The van der Waals surface area contributed by atoms with Crippen molar-refractivity contribution in [3.63, 3.8) is 0 Å². The van der Waals surface area contributed by atoms with Crippen LogP contribution in [-0.2, 0) is 0 Å². The monoisotopic (exact) mass is 303 g/mol. The van der Waals surface area contributed by atoms with Crippen LogP contribution >= 0.6 is 0 Å². The third kappa shape index (κ3) is 2.95. The second-order valence-electron chi connectivity index (χ2n) is 4.60. The molecule has 0 fully saturated rings. The van der Waals surface area contributed by atoms with E-state index >= 15 is 0 Å². The predicted octanol–water partition coefficient (Wildman–Crippen LogP) is 4.18. The smallest absolute Gasteiger partial charge is 0.406 e. The summed E-state index contributed by atoms with van der Waals surface area (Å²) >= 11 is 0. The number of alkyl halides is 3. The van der Waals surface area contributed by atoms with Crippen molar-refractivity contribution < 1.29 is 17.9 Å². The molecule has 0 unspecified atom stereocenters. The van der Waals surface area contributed by atoms with Crippen molar-refractivity contribution in [1.29, 1.82) is 0 Å². The number of para-hydroxylation sites is 1. The van der Waals surface area contributed by atoms with Crippen LogP contribution in [0.1, 0.15) is 0 Å². The molecule has 111 valence electrons. The minimum Gasteiger partial charge on any atom is -0.406 e. The van der Waals surface area contributed by atoms with Crippen molar-refractivity contribution in [2.75, 3.05) is 5.73 Å². The Bertz CT molecular complexity index is 831. The molecule has 1 radical (unpaired) electrons. The molecule has 6 heteroatoms. The number of rotatable bonds is 2. The number of pyridine rings is 1. The van der Waals surface area contributed by atoms with Crippen molar-refractivity contribution in [3.8, 4) is 16.9 Å². The van der Waals surface area contributed by atoms with E-state index in [-0.39, 0.29) is 11.6 Å². The third-order valence-corrected chi connectivity index (χ3v) is 3.05. The molecule has 0 spiro atoms. The normalized spacial score (nSPS) is 11.6. The van der Waals surface area contributed by atoms with Crippen LogP contribution in [0.5, 0.6) is 5.75 Å². The molecule has 2 N–H and O–H groups in total.